The van der Waals surface area contributed by atoms with Gasteiger partial charge in [0.2, 0.25) is 0 Å². The van der Waals surface area contributed by atoms with E-state index in [1.165, 1.54) is 4.90 Å². The second-order valence-corrected chi connectivity index (χ2v) is 9.62. The maximum absolute atomic E-state index is 13.7. The van der Waals surface area contributed by atoms with Crippen molar-refractivity contribution in [2.75, 3.05) is 22.9 Å². The number of fused-ring (bicyclic) bond motifs is 1. The minimum atomic E-state index is -0.980. The fourth-order valence-corrected chi connectivity index (χ4v) is 4.27. The molecule has 1 saturated carbocycles. The van der Waals surface area contributed by atoms with E-state index in [4.69, 9.17) is 5.11 Å². The molecule has 1 heterocycles. The zero-order valence-corrected chi connectivity index (χ0v) is 19.2. The first-order chi connectivity index (χ1) is 15.1. The molecule has 0 aromatic heterocycles. The summed E-state index contributed by atoms with van der Waals surface area (Å²) in [7, 11) is 0. The van der Waals surface area contributed by atoms with Gasteiger partial charge in [0.1, 0.15) is 0 Å². The summed E-state index contributed by atoms with van der Waals surface area (Å²) >= 11 is 0. The van der Waals surface area contributed by atoms with Crippen LogP contribution in [0.15, 0.2) is 24.3 Å². The highest BCUT2D eigenvalue weighted by Crippen LogP contribution is 2.38. The summed E-state index contributed by atoms with van der Waals surface area (Å²) in [5.41, 5.74) is 0.512. The van der Waals surface area contributed by atoms with Crippen molar-refractivity contribution in [2.24, 2.45) is 5.41 Å². The molecule has 1 aromatic carbocycles. The Hall–Kier alpha value is -2.90. The molecule has 1 aliphatic carbocycles. The molecule has 0 radical (unpaired) electrons. The summed E-state index contributed by atoms with van der Waals surface area (Å²) in [6.07, 6.45) is 4.84. The van der Waals surface area contributed by atoms with E-state index < -0.39 is 23.4 Å². The third-order valence-electron chi connectivity index (χ3n) is 6.18. The highest BCUT2D eigenvalue weighted by Gasteiger charge is 2.41. The Morgan fingerprint density at radius 2 is 1.59 bits per heavy atom. The number of ketones is 1. The van der Waals surface area contributed by atoms with Gasteiger partial charge in [-0.1, -0.05) is 52.2 Å². The van der Waals surface area contributed by atoms with E-state index in [1.807, 2.05) is 12.1 Å². The SMILES string of the molecule is CC(C)(C)C(=O)CN1C(=O)N(CCCC(=O)O)C(=O)N(C2CCCCC2)c2ccccc21. The summed E-state index contributed by atoms with van der Waals surface area (Å²) in [4.78, 5) is 55.4. The molecule has 0 bridgehead atoms. The van der Waals surface area contributed by atoms with Gasteiger partial charge in [0.15, 0.2) is 5.78 Å². The molecule has 0 spiro atoms. The van der Waals surface area contributed by atoms with Crippen LogP contribution in [0.5, 0.6) is 0 Å². The average Bonchev–Trinajstić information content (AvgIpc) is 2.82. The third-order valence-corrected chi connectivity index (χ3v) is 6.18. The molecule has 8 heteroatoms. The van der Waals surface area contributed by atoms with Crippen LogP contribution in [0.1, 0.15) is 65.7 Å². The Bertz CT molecular complexity index is 886. The summed E-state index contributed by atoms with van der Waals surface area (Å²) in [6, 6.07) is 6.16. The van der Waals surface area contributed by atoms with Crippen LogP contribution in [0.25, 0.3) is 0 Å². The molecule has 1 N–H and O–H groups in total. The Morgan fingerprint density at radius 3 is 2.19 bits per heavy atom. The van der Waals surface area contributed by atoms with Crippen LogP contribution in [0.2, 0.25) is 0 Å². The number of Topliss-reactive ketones (excluding diaryl/α,β-unsaturated/α-hetero) is 1. The van der Waals surface area contributed by atoms with E-state index >= 15 is 0 Å². The number of carboxylic acids is 1. The van der Waals surface area contributed by atoms with E-state index in [-0.39, 0.29) is 37.8 Å². The molecule has 1 aromatic rings. The molecule has 4 amide bonds. The number of amides is 4. The molecule has 1 aliphatic heterocycles. The number of para-hydroxylation sites is 2. The number of urea groups is 2. The van der Waals surface area contributed by atoms with Crippen LogP contribution in [0.3, 0.4) is 0 Å². The van der Waals surface area contributed by atoms with Crippen molar-refractivity contribution in [1.29, 1.82) is 0 Å². The fraction of sp³-hybridized carbons (Fsp3) is 0.583. The van der Waals surface area contributed by atoms with Crippen molar-refractivity contribution in [3.05, 3.63) is 24.3 Å². The first-order valence-electron chi connectivity index (χ1n) is 11.4. The number of carboxylic acid groups (broad SMARTS) is 1. The number of hydrogen-bond donors (Lipinski definition) is 1. The first-order valence-corrected chi connectivity index (χ1v) is 11.4. The standard InChI is InChI=1S/C24H33N3O5/c1-24(2,3)20(28)16-26-18-12-7-8-13-19(18)27(17-10-5-4-6-11-17)23(32)25(22(26)31)15-9-14-21(29)30/h7-8,12-13,17H,4-6,9-11,14-16H2,1-3H3,(H,29,30). The van der Waals surface area contributed by atoms with Crippen molar-refractivity contribution < 1.29 is 24.3 Å². The highest BCUT2D eigenvalue weighted by atomic mass is 16.4. The number of carbonyl (C=O) groups excluding carboxylic acids is 3. The number of benzene rings is 1. The normalized spacial score (nSPS) is 17.9. The summed E-state index contributed by atoms with van der Waals surface area (Å²) in [6.45, 7) is 5.23. The Morgan fingerprint density at radius 1 is 0.969 bits per heavy atom. The number of carbonyl (C=O) groups is 4. The lowest BCUT2D eigenvalue weighted by Gasteiger charge is -2.35. The van der Waals surface area contributed by atoms with Crippen molar-refractivity contribution >= 4 is 35.2 Å². The molecule has 174 valence electrons. The zero-order chi connectivity index (χ0) is 23.5. The van der Waals surface area contributed by atoms with Crippen molar-refractivity contribution in [3.63, 3.8) is 0 Å². The van der Waals surface area contributed by atoms with Gasteiger partial charge in [-0.25, -0.2) is 14.5 Å². The lowest BCUT2D eigenvalue weighted by molar-refractivity contribution is -0.137. The van der Waals surface area contributed by atoms with Crippen molar-refractivity contribution in [2.45, 2.75) is 71.8 Å². The van der Waals surface area contributed by atoms with E-state index in [9.17, 15) is 19.2 Å². The van der Waals surface area contributed by atoms with Gasteiger partial charge in [-0.15, -0.1) is 0 Å². The Balaban J connectivity index is 2.05. The second kappa shape index (κ2) is 9.71. The Kier molecular flexibility index (Phi) is 7.21. The number of rotatable bonds is 7. The van der Waals surface area contributed by atoms with Gasteiger partial charge in [-0.3, -0.25) is 19.4 Å². The van der Waals surface area contributed by atoms with Crippen LogP contribution in [-0.4, -0.2) is 53.0 Å². The monoisotopic (exact) mass is 443 g/mol. The average molecular weight is 444 g/mol. The van der Waals surface area contributed by atoms with Gasteiger partial charge in [0, 0.05) is 24.4 Å². The minimum Gasteiger partial charge on any atom is -0.481 e. The van der Waals surface area contributed by atoms with Gasteiger partial charge < -0.3 is 5.11 Å². The number of hydrogen-bond acceptors (Lipinski definition) is 4. The number of nitrogens with zero attached hydrogens (tertiary/aromatic N) is 3. The summed E-state index contributed by atoms with van der Waals surface area (Å²) in [5.74, 6) is -1.10. The van der Waals surface area contributed by atoms with Crippen LogP contribution >= 0.6 is 0 Å². The maximum Gasteiger partial charge on any atom is 0.333 e. The second-order valence-electron chi connectivity index (χ2n) is 9.62. The molecule has 1 fully saturated rings. The molecule has 32 heavy (non-hydrogen) atoms. The molecule has 8 nitrogen and oxygen atoms in total. The van der Waals surface area contributed by atoms with Gasteiger partial charge in [0.25, 0.3) is 0 Å². The first kappa shape index (κ1) is 23.8. The van der Waals surface area contributed by atoms with Crippen molar-refractivity contribution in [3.8, 4) is 0 Å². The molecule has 2 aliphatic rings. The smallest absolute Gasteiger partial charge is 0.333 e. The quantitative estimate of drug-likeness (QED) is 0.660. The van der Waals surface area contributed by atoms with Gasteiger partial charge in [0.05, 0.1) is 17.9 Å². The lowest BCUT2D eigenvalue weighted by atomic mass is 9.90. The molecule has 3 rings (SSSR count). The van der Waals surface area contributed by atoms with Crippen LogP contribution in [-0.2, 0) is 9.59 Å². The number of imide groups is 1. The zero-order valence-electron chi connectivity index (χ0n) is 19.2. The predicted octanol–water partition coefficient (Wildman–Crippen LogP) is 4.67. The van der Waals surface area contributed by atoms with Crippen LogP contribution in [0.4, 0.5) is 21.0 Å². The van der Waals surface area contributed by atoms with Gasteiger partial charge in [-0.05, 0) is 31.4 Å². The van der Waals surface area contributed by atoms with Crippen LogP contribution in [0, 0.1) is 5.41 Å². The Labute approximate surface area is 189 Å². The largest absolute Gasteiger partial charge is 0.481 e. The summed E-state index contributed by atoms with van der Waals surface area (Å²) in [5, 5.41) is 9.03. The van der Waals surface area contributed by atoms with E-state index in [0.717, 1.165) is 37.0 Å². The molecular formula is C24H33N3O5. The minimum absolute atomic E-state index is 0.0125. The topological polar surface area (TPSA) is 98.2 Å². The van der Waals surface area contributed by atoms with E-state index in [0.29, 0.717) is 11.4 Å². The number of anilines is 2. The number of aliphatic carboxylic acids is 1. The molecule has 0 atom stereocenters. The molecule has 0 unspecified atom stereocenters. The lowest BCUT2D eigenvalue weighted by Crippen LogP contribution is -2.53. The summed E-state index contributed by atoms with van der Waals surface area (Å²) < 4.78 is 0. The molecular weight excluding hydrogens is 410 g/mol. The highest BCUT2D eigenvalue weighted by molar-refractivity contribution is 6.15. The predicted molar refractivity (Wildman–Crippen MR) is 122 cm³/mol. The van der Waals surface area contributed by atoms with Crippen molar-refractivity contribution in [1.82, 2.24) is 4.90 Å². The fourth-order valence-electron chi connectivity index (χ4n) is 4.27. The van der Waals surface area contributed by atoms with Gasteiger partial charge in [-0.2, -0.15) is 0 Å². The van der Waals surface area contributed by atoms with Gasteiger partial charge >= 0.3 is 18.0 Å². The maximum atomic E-state index is 13.7. The van der Waals surface area contributed by atoms with E-state index in [1.54, 1.807) is 37.8 Å². The third kappa shape index (κ3) is 5.11. The van der Waals surface area contributed by atoms with Crippen LogP contribution < -0.4 is 9.80 Å². The van der Waals surface area contributed by atoms with E-state index in [2.05, 4.69) is 0 Å². The molecule has 0 saturated heterocycles.